The second-order valence-corrected chi connectivity index (χ2v) is 2.33. The van der Waals surface area contributed by atoms with Gasteiger partial charge in [-0.25, -0.2) is 0 Å². The first-order valence-electron chi connectivity index (χ1n) is 1.73. The molecule has 0 aliphatic carbocycles. The summed E-state index contributed by atoms with van der Waals surface area (Å²) in [4.78, 5) is 0. The van der Waals surface area contributed by atoms with Crippen molar-refractivity contribution in [3.63, 3.8) is 0 Å². The zero-order valence-electron chi connectivity index (χ0n) is 5.05. The van der Waals surface area contributed by atoms with Crippen LogP contribution in [0, 0.1) is 0 Å². The minimum Gasteiger partial charge on any atom is -0.400 e. The normalized spacial score (nSPS) is 10.7. The minimum atomic E-state index is -5.84. The Morgan fingerprint density at radius 1 is 1.18 bits per heavy atom. The predicted octanol–water partition coefficient (Wildman–Crippen LogP) is 0.000000000000000389. The first kappa shape index (κ1) is 17.3. The molecule has 0 aromatic carbocycles. The number of alkyl halides is 3. The molecule has 0 fully saturated rings. The zero-order chi connectivity index (χ0) is 9.00. The Hall–Kier alpha value is 0.179. The Kier molecular flexibility index (Phi) is 9.10. The van der Waals surface area contributed by atoms with E-state index < -0.39 is 15.6 Å². The molecule has 0 bridgehead atoms. The van der Waals surface area contributed by atoms with Gasteiger partial charge in [-0.3, -0.25) is 4.55 Å². The van der Waals surface area contributed by atoms with Crippen LogP contribution in [0.3, 0.4) is 0 Å². The molecule has 0 saturated heterocycles. The Labute approximate surface area is 71.6 Å². The van der Waals surface area contributed by atoms with Crippen LogP contribution in [0.2, 0.25) is 0 Å². The third kappa shape index (κ3) is 8.08. The summed E-state index contributed by atoms with van der Waals surface area (Å²) in [5.74, 6) is 0. The van der Waals surface area contributed by atoms with Gasteiger partial charge in [-0.2, -0.15) is 21.6 Å². The van der Waals surface area contributed by atoms with E-state index in [1.165, 1.54) is 0 Å². The van der Waals surface area contributed by atoms with Gasteiger partial charge in [0.15, 0.2) is 0 Å². The molecular formula is C2H5CuF3O4S. The molecule has 0 unspecified atom stereocenters. The monoisotopic (exact) mass is 245 g/mol. The molecular weight excluding hydrogens is 241 g/mol. The molecule has 0 saturated carbocycles. The molecule has 1 radical (unpaired) electrons. The molecule has 0 atom stereocenters. The average Bonchev–Trinajstić information content (AvgIpc) is 1.66. The smallest absolute Gasteiger partial charge is 0.400 e. The Balaban J connectivity index is -0.000000196. The number of aliphatic hydroxyl groups excluding tert-OH is 1. The summed E-state index contributed by atoms with van der Waals surface area (Å²) in [6.45, 7) is 0. The number of aliphatic hydroxyl groups is 1. The van der Waals surface area contributed by atoms with Crippen molar-refractivity contribution in [2.75, 3.05) is 7.11 Å². The van der Waals surface area contributed by atoms with Gasteiger partial charge in [-0.1, -0.05) is 0 Å². The number of halogens is 3. The summed E-state index contributed by atoms with van der Waals surface area (Å²) in [6, 6.07) is 0. The van der Waals surface area contributed by atoms with Crippen LogP contribution >= 0.6 is 0 Å². The van der Waals surface area contributed by atoms with Gasteiger partial charge in [0.05, 0.1) is 0 Å². The second kappa shape index (κ2) is 5.78. The molecule has 4 nitrogen and oxygen atoms in total. The molecule has 0 heterocycles. The van der Waals surface area contributed by atoms with E-state index in [-0.39, 0.29) is 17.1 Å². The number of hydrogen-bond donors (Lipinski definition) is 2. The SMILES string of the molecule is CO.O=S(=O)(O)C(F)(F)F.[Cu]. The van der Waals surface area contributed by atoms with Crippen molar-refractivity contribution in [3.05, 3.63) is 0 Å². The number of hydrogen-bond acceptors (Lipinski definition) is 3. The standard InChI is InChI=1S/CHF3O3S.CH4O.Cu/c2-1(3,4)8(5,6)7;1-2;/h(H,5,6,7);2H,1H3;. The van der Waals surface area contributed by atoms with E-state index in [4.69, 9.17) is 18.1 Å². The van der Waals surface area contributed by atoms with Crippen LogP contribution < -0.4 is 0 Å². The number of rotatable bonds is 0. The minimum absolute atomic E-state index is 0. The van der Waals surface area contributed by atoms with Crippen molar-refractivity contribution in [1.29, 1.82) is 0 Å². The van der Waals surface area contributed by atoms with Gasteiger partial charge in [-0.15, -0.1) is 0 Å². The van der Waals surface area contributed by atoms with Crippen LogP contribution in [0.15, 0.2) is 0 Å². The first-order chi connectivity index (χ1) is 4.25. The van der Waals surface area contributed by atoms with E-state index in [1.807, 2.05) is 0 Å². The van der Waals surface area contributed by atoms with Gasteiger partial charge < -0.3 is 5.11 Å². The maximum Gasteiger partial charge on any atom is 0.522 e. The summed E-state index contributed by atoms with van der Waals surface area (Å²) in [6.07, 6.45) is 0. The van der Waals surface area contributed by atoms with Gasteiger partial charge in [0.25, 0.3) is 0 Å². The van der Waals surface area contributed by atoms with Crippen molar-refractivity contribution in [2.45, 2.75) is 5.51 Å². The molecule has 9 heteroatoms. The van der Waals surface area contributed by atoms with Gasteiger partial charge in [0, 0.05) is 24.2 Å². The fourth-order valence-electron chi connectivity index (χ4n) is 0. The molecule has 0 spiro atoms. The van der Waals surface area contributed by atoms with E-state index in [0.717, 1.165) is 7.11 Å². The van der Waals surface area contributed by atoms with Gasteiger partial charge >= 0.3 is 15.6 Å². The Bertz CT molecular complexity index is 172. The van der Waals surface area contributed by atoms with Gasteiger partial charge in [0.2, 0.25) is 0 Å². The summed E-state index contributed by atoms with van der Waals surface area (Å²) in [7, 11) is -4.84. The quantitative estimate of drug-likeness (QED) is 0.358. The molecule has 0 aliphatic heterocycles. The van der Waals surface area contributed by atoms with Crippen LogP contribution in [0.25, 0.3) is 0 Å². The fraction of sp³-hybridized carbons (Fsp3) is 1.00. The van der Waals surface area contributed by atoms with Crippen molar-refractivity contribution >= 4 is 10.1 Å². The Morgan fingerprint density at radius 3 is 1.27 bits per heavy atom. The van der Waals surface area contributed by atoms with Crippen LogP contribution in [0.4, 0.5) is 13.2 Å². The Morgan fingerprint density at radius 2 is 1.27 bits per heavy atom. The summed E-state index contributed by atoms with van der Waals surface area (Å²) in [5.41, 5.74) is -5.53. The molecule has 2 N–H and O–H groups in total. The fourth-order valence-corrected chi connectivity index (χ4v) is 0. The van der Waals surface area contributed by atoms with Crippen LogP contribution in [-0.2, 0) is 27.2 Å². The molecule has 11 heavy (non-hydrogen) atoms. The van der Waals surface area contributed by atoms with E-state index in [9.17, 15) is 13.2 Å². The van der Waals surface area contributed by atoms with Gasteiger partial charge in [-0.05, 0) is 0 Å². The van der Waals surface area contributed by atoms with Crippen molar-refractivity contribution in [1.82, 2.24) is 0 Å². The third-order valence-electron chi connectivity index (χ3n) is 0.292. The molecule has 0 aromatic heterocycles. The largest absolute Gasteiger partial charge is 0.522 e. The van der Waals surface area contributed by atoms with E-state index in [1.54, 1.807) is 0 Å². The van der Waals surface area contributed by atoms with E-state index >= 15 is 0 Å². The molecule has 0 aliphatic rings. The van der Waals surface area contributed by atoms with E-state index in [2.05, 4.69) is 0 Å². The van der Waals surface area contributed by atoms with Crippen LogP contribution in [0.5, 0.6) is 0 Å². The topological polar surface area (TPSA) is 74.6 Å². The average molecular weight is 246 g/mol. The molecule has 0 rings (SSSR count). The summed E-state index contributed by atoms with van der Waals surface area (Å²) in [5, 5.41) is 7.00. The molecule has 75 valence electrons. The zero-order valence-corrected chi connectivity index (χ0v) is 6.81. The van der Waals surface area contributed by atoms with Crippen molar-refractivity contribution < 1.29 is 48.3 Å². The van der Waals surface area contributed by atoms with Crippen LogP contribution in [-0.4, -0.2) is 30.7 Å². The van der Waals surface area contributed by atoms with Crippen molar-refractivity contribution in [3.8, 4) is 0 Å². The van der Waals surface area contributed by atoms with Crippen LogP contribution in [0.1, 0.15) is 0 Å². The maximum absolute atomic E-state index is 10.7. The predicted molar refractivity (Wildman–Crippen MR) is 25.7 cm³/mol. The van der Waals surface area contributed by atoms with Crippen molar-refractivity contribution in [2.24, 2.45) is 0 Å². The molecule has 0 aromatic rings. The summed E-state index contributed by atoms with van der Waals surface area (Å²) < 4.78 is 57.5. The third-order valence-corrected chi connectivity index (χ3v) is 0.877. The first-order valence-corrected chi connectivity index (χ1v) is 3.17. The molecule has 0 amide bonds. The maximum atomic E-state index is 10.7. The summed E-state index contributed by atoms with van der Waals surface area (Å²) >= 11 is 0. The van der Waals surface area contributed by atoms with Gasteiger partial charge in [0.1, 0.15) is 0 Å². The second-order valence-electron chi connectivity index (χ2n) is 0.921. The van der Waals surface area contributed by atoms with E-state index in [0.29, 0.717) is 0 Å².